The first kappa shape index (κ1) is 19.9. The van der Waals surface area contributed by atoms with Crippen molar-refractivity contribution >= 4 is 20.0 Å². The van der Waals surface area contributed by atoms with Crippen LogP contribution in [0.3, 0.4) is 0 Å². The van der Waals surface area contributed by atoms with E-state index in [1.54, 1.807) is 17.8 Å². The number of aryl methyl sites for hydroxylation is 2. The first-order valence-corrected chi connectivity index (χ1v) is 9.96. The Hall–Kier alpha value is -1.46. The van der Waals surface area contributed by atoms with Crippen molar-refractivity contribution in [2.75, 3.05) is 6.79 Å². The summed E-state index contributed by atoms with van der Waals surface area (Å²) in [6.45, 7) is 7.82. The molecule has 0 bridgehead atoms. The van der Waals surface area contributed by atoms with Crippen LogP contribution >= 0.6 is 20.0 Å². The molecule has 1 unspecified atom stereocenters. The van der Waals surface area contributed by atoms with E-state index in [-0.39, 0.29) is 12.7 Å². The van der Waals surface area contributed by atoms with Crippen molar-refractivity contribution in [3.63, 3.8) is 0 Å². The van der Waals surface area contributed by atoms with Crippen LogP contribution in [-0.2, 0) is 9.09 Å². The van der Waals surface area contributed by atoms with Gasteiger partial charge in [0.05, 0.1) is 0 Å². The van der Waals surface area contributed by atoms with Crippen molar-refractivity contribution in [2.24, 2.45) is 0 Å². The standard InChI is InChI=1S/C18H23O5PS/c1-11(2)16-9-15(5-6-17(16)19)25-18-12(3)7-14(8-13(18)4)22-10-23-24(20)21/h5-9,11,19,24H,10H2,1-4H3,(H,20,21). The SMILES string of the molecule is Cc1cc(OCO[PH](=O)O)cc(C)c1Sc1ccc(O)c(C(C)C)c1. The highest BCUT2D eigenvalue weighted by Gasteiger charge is 2.11. The maximum Gasteiger partial charge on any atom is 0.319 e. The van der Waals surface area contributed by atoms with Crippen molar-refractivity contribution in [1.29, 1.82) is 0 Å². The number of ether oxygens (including phenoxy) is 1. The molecular weight excluding hydrogens is 359 g/mol. The van der Waals surface area contributed by atoms with Gasteiger partial charge in [-0.05, 0) is 66.8 Å². The Morgan fingerprint density at radius 2 is 1.80 bits per heavy atom. The highest BCUT2D eigenvalue weighted by Crippen LogP contribution is 2.38. The second kappa shape index (κ2) is 8.77. The monoisotopic (exact) mass is 382 g/mol. The zero-order chi connectivity index (χ0) is 18.6. The number of phenolic OH excluding ortho intramolecular Hbond substituents is 1. The second-order valence-electron chi connectivity index (χ2n) is 6.04. The maximum absolute atomic E-state index is 10.5. The quantitative estimate of drug-likeness (QED) is 0.517. The van der Waals surface area contributed by atoms with Crippen LogP contribution in [0, 0.1) is 13.8 Å². The van der Waals surface area contributed by atoms with Crippen LogP contribution in [0.15, 0.2) is 40.1 Å². The van der Waals surface area contributed by atoms with E-state index in [0.29, 0.717) is 11.5 Å². The zero-order valence-electron chi connectivity index (χ0n) is 14.7. The number of hydrogen-bond donors (Lipinski definition) is 2. The van der Waals surface area contributed by atoms with Crippen molar-refractivity contribution in [2.45, 2.75) is 43.4 Å². The largest absolute Gasteiger partial charge is 0.508 e. The predicted octanol–water partition coefficient (Wildman–Crippen LogP) is 5.02. The lowest BCUT2D eigenvalue weighted by atomic mass is 10.0. The Balaban J connectivity index is 2.20. The first-order chi connectivity index (χ1) is 11.8. The van der Waals surface area contributed by atoms with Crippen LogP contribution in [0.1, 0.15) is 36.5 Å². The lowest BCUT2D eigenvalue weighted by Gasteiger charge is -2.14. The van der Waals surface area contributed by atoms with Gasteiger partial charge in [-0.15, -0.1) is 0 Å². The fraction of sp³-hybridized carbons (Fsp3) is 0.333. The fourth-order valence-electron chi connectivity index (χ4n) is 2.48. The molecule has 2 N–H and O–H groups in total. The van der Waals surface area contributed by atoms with Gasteiger partial charge in [0, 0.05) is 9.79 Å². The summed E-state index contributed by atoms with van der Waals surface area (Å²) in [6.07, 6.45) is 0. The molecule has 0 amide bonds. The number of hydrogen-bond acceptors (Lipinski definition) is 5. The molecule has 7 heteroatoms. The summed E-state index contributed by atoms with van der Waals surface area (Å²) in [4.78, 5) is 10.8. The fourth-order valence-corrected chi connectivity index (χ4v) is 3.64. The molecule has 25 heavy (non-hydrogen) atoms. The highest BCUT2D eigenvalue weighted by molar-refractivity contribution is 7.99. The van der Waals surface area contributed by atoms with Crippen molar-refractivity contribution in [1.82, 2.24) is 0 Å². The van der Waals surface area contributed by atoms with Crippen LogP contribution in [0.5, 0.6) is 11.5 Å². The van der Waals surface area contributed by atoms with E-state index in [1.165, 1.54) is 0 Å². The average Bonchev–Trinajstić information content (AvgIpc) is 2.51. The third kappa shape index (κ3) is 5.51. The second-order valence-corrected chi connectivity index (χ2v) is 7.94. The van der Waals surface area contributed by atoms with Crippen LogP contribution < -0.4 is 4.74 Å². The first-order valence-electron chi connectivity index (χ1n) is 7.88. The molecule has 0 spiro atoms. The summed E-state index contributed by atoms with van der Waals surface area (Å²) >= 11 is 1.64. The molecule has 0 fully saturated rings. The molecule has 0 saturated carbocycles. The Morgan fingerprint density at radius 3 is 2.36 bits per heavy atom. The molecule has 2 rings (SSSR count). The number of benzene rings is 2. The number of aromatic hydroxyl groups is 1. The molecule has 0 aliphatic carbocycles. The summed E-state index contributed by atoms with van der Waals surface area (Å²) in [6, 6.07) is 9.39. The van der Waals surface area contributed by atoms with Crippen molar-refractivity contribution in [3.05, 3.63) is 47.0 Å². The molecular formula is C18H23O5PS. The van der Waals surface area contributed by atoms with E-state index < -0.39 is 8.25 Å². The minimum absolute atomic E-state index is 0.248. The predicted molar refractivity (Wildman–Crippen MR) is 100 cm³/mol. The van der Waals surface area contributed by atoms with Crippen molar-refractivity contribution in [3.8, 4) is 11.5 Å². The average molecular weight is 382 g/mol. The topological polar surface area (TPSA) is 76.0 Å². The van der Waals surface area contributed by atoms with Gasteiger partial charge in [0.25, 0.3) is 0 Å². The molecule has 2 aromatic rings. The van der Waals surface area contributed by atoms with Gasteiger partial charge in [-0.3, -0.25) is 9.09 Å². The number of phenols is 1. The van der Waals surface area contributed by atoms with Gasteiger partial charge in [0.15, 0.2) is 6.79 Å². The Bertz CT molecular complexity index is 753. The van der Waals surface area contributed by atoms with E-state index in [1.807, 2.05) is 38.1 Å². The van der Waals surface area contributed by atoms with Gasteiger partial charge < -0.3 is 14.7 Å². The Morgan fingerprint density at radius 1 is 1.16 bits per heavy atom. The molecule has 0 radical (unpaired) electrons. The van der Waals surface area contributed by atoms with Gasteiger partial charge in [0.2, 0.25) is 0 Å². The molecule has 0 saturated heterocycles. The molecule has 136 valence electrons. The lowest BCUT2D eigenvalue weighted by Crippen LogP contribution is -1.99. The summed E-state index contributed by atoms with van der Waals surface area (Å²) < 4.78 is 20.4. The smallest absolute Gasteiger partial charge is 0.319 e. The van der Waals surface area contributed by atoms with E-state index in [0.717, 1.165) is 26.5 Å². The van der Waals surface area contributed by atoms with E-state index in [2.05, 4.69) is 18.4 Å². The maximum atomic E-state index is 10.5. The molecule has 5 nitrogen and oxygen atoms in total. The van der Waals surface area contributed by atoms with Crippen molar-refractivity contribution < 1.29 is 23.8 Å². The summed E-state index contributed by atoms with van der Waals surface area (Å²) in [7, 11) is -2.99. The van der Waals surface area contributed by atoms with Gasteiger partial charge in [0.1, 0.15) is 11.5 Å². The summed E-state index contributed by atoms with van der Waals surface area (Å²) in [5.74, 6) is 1.16. The van der Waals surface area contributed by atoms with Gasteiger partial charge in [-0.25, -0.2) is 0 Å². The number of rotatable bonds is 7. The molecule has 0 aromatic heterocycles. The minimum Gasteiger partial charge on any atom is -0.508 e. The highest BCUT2D eigenvalue weighted by atomic mass is 32.2. The molecule has 2 aromatic carbocycles. The minimum atomic E-state index is -2.99. The third-order valence-corrected chi connectivity index (χ3v) is 5.39. The van der Waals surface area contributed by atoms with Gasteiger partial charge >= 0.3 is 8.25 Å². The van der Waals surface area contributed by atoms with Gasteiger partial charge in [-0.1, -0.05) is 25.6 Å². The molecule has 0 aliphatic rings. The zero-order valence-corrected chi connectivity index (χ0v) is 16.5. The normalized spacial score (nSPS) is 12.4. The lowest BCUT2D eigenvalue weighted by molar-refractivity contribution is 0.115. The van der Waals surface area contributed by atoms with Crippen LogP contribution in [0.25, 0.3) is 0 Å². The molecule has 0 aliphatic heterocycles. The van der Waals surface area contributed by atoms with E-state index in [9.17, 15) is 9.67 Å². The van der Waals surface area contributed by atoms with Crippen LogP contribution in [0.4, 0.5) is 0 Å². The summed E-state index contributed by atoms with van der Waals surface area (Å²) in [5.41, 5.74) is 3.00. The Labute approximate surface area is 152 Å². The van der Waals surface area contributed by atoms with Gasteiger partial charge in [-0.2, -0.15) is 0 Å². The third-order valence-electron chi connectivity index (χ3n) is 3.68. The van der Waals surface area contributed by atoms with E-state index >= 15 is 0 Å². The van der Waals surface area contributed by atoms with Crippen LogP contribution in [0.2, 0.25) is 0 Å². The van der Waals surface area contributed by atoms with Crippen LogP contribution in [-0.4, -0.2) is 16.8 Å². The summed E-state index contributed by atoms with van der Waals surface area (Å²) in [5, 5.41) is 9.96. The Kier molecular flexibility index (Phi) is 6.96. The molecule has 0 heterocycles. The molecule has 1 atom stereocenters. The van der Waals surface area contributed by atoms with E-state index in [4.69, 9.17) is 9.63 Å².